The van der Waals surface area contributed by atoms with Crippen LogP contribution in [0.4, 0.5) is 0 Å². The molecule has 5 heteroatoms. The molecule has 68 valence electrons. The zero-order valence-corrected chi connectivity index (χ0v) is 7.68. The number of hydrogen-bond acceptors (Lipinski definition) is 4. The maximum Gasteiger partial charge on any atom is 0.213 e. The van der Waals surface area contributed by atoms with Crippen molar-refractivity contribution >= 4 is 15.6 Å². The minimum Gasteiger partial charge on any atom is -0.504 e. The topological polar surface area (TPSA) is 71.4 Å². The molecular weight excluding hydrogens is 180 g/mol. The molecule has 0 radical (unpaired) electrons. The molecular formula is C7H10O4S. The van der Waals surface area contributed by atoms with Gasteiger partial charge in [-0.2, -0.15) is 0 Å². The van der Waals surface area contributed by atoms with Crippen molar-refractivity contribution < 1.29 is 18.3 Å². The van der Waals surface area contributed by atoms with Gasteiger partial charge in [0.2, 0.25) is 5.78 Å². The summed E-state index contributed by atoms with van der Waals surface area (Å²) in [6, 6.07) is 0. The van der Waals surface area contributed by atoms with Gasteiger partial charge < -0.3 is 5.11 Å². The zero-order valence-electron chi connectivity index (χ0n) is 6.86. The van der Waals surface area contributed by atoms with E-state index in [9.17, 15) is 13.2 Å². The molecule has 1 heterocycles. The molecule has 0 spiro atoms. The van der Waals surface area contributed by atoms with Crippen molar-refractivity contribution in [3.8, 4) is 0 Å². The van der Waals surface area contributed by atoms with E-state index in [1.54, 1.807) is 13.8 Å². The lowest BCUT2D eigenvalue weighted by molar-refractivity contribution is -0.115. The van der Waals surface area contributed by atoms with Gasteiger partial charge in [0, 0.05) is 0 Å². The van der Waals surface area contributed by atoms with Crippen LogP contribution in [0.3, 0.4) is 0 Å². The Morgan fingerprint density at radius 1 is 1.42 bits per heavy atom. The Morgan fingerprint density at radius 2 is 1.92 bits per heavy atom. The zero-order chi connectivity index (χ0) is 9.52. The van der Waals surface area contributed by atoms with E-state index in [2.05, 4.69) is 0 Å². The van der Waals surface area contributed by atoms with Gasteiger partial charge in [0.05, 0.1) is 4.91 Å². The van der Waals surface area contributed by atoms with Gasteiger partial charge in [0.1, 0.15) is 5.75 Å². The van der Waals surface area contributed by atoms with Crippen LogP contribution in [0.2, 0.25) is 0 Å². The van der Waals surface area contributed by atoms with Crippen LogP contribution in [0.25, 0.3) is 0 Å². The fraction of sp³-hybridized carbons (Fsp3) is 0.571. The first kappa shape index (κ1) is 9.25. The predicted octanol–water partition coefficient (Wildman–Crippen LogP) is 0.410. The second kappa shape index (κ2) is 2.58. The Morgan fingerprint density at radius 3 is 2.08 bits per heavy atom. The van der Waals surface area contributed by atoms with Gasteiger partial charge in [-0.25, -0.2) is 8.42 Å². The fourth-order valence-electron chi connectivity index (χ4n) is 1.24. The number of carbonyl (C=O) groups is 1. The van der Waals surface area contributed by atoms with Crippen molar-refractivity contribution in [2.45, 2.75) is 13.8 Å². The van der Waals surface area contributed by atoms with Crippen LogP contribution in [0, 0.1) is 5.92 Å². The Kier molecular flexibility index (Phi) is 1.99. The van der Waals surface area contributed by atoms with E-state index >= 15 is 0 Å². The highest BCUT2D eigenvalue weighted by Crippen LogP contribution is 2.27. The summed E-state index contributed by atoms with van der Waals surface area (Å²) >= 11 is 0. The summed E-state index contributed by atoms with van der Waals surface area (Å²) in [4.78, 5) is 10.7. The SMILES string of the molecule is CC(C)C1=C(O)C(=O)CS1(=O)=O. The molecule has 1 rings (SSSR count). The van der Waals surface area contributed by atoms with Crippen LogP contribution in [-0.2, 0) is 14.6 Å². The number of Topliss-reactive ketones (excluding diaryl/α,β-unsaturated/α-hetero) is 1. The monoisotopic (exact) mass is 190 g/mol. The van der Waals surface area contributed by atoms with Gasteiger partial charge in [-0.15, -0.1) is 0 Å². The van der Waals surface area contributed by atoms with Crippen molar-refractivity contribution in [2.24, 2.45) is 5.92 Å². The van der Waals surface area contributed by atoms with Crippen molar-refractivity contribution in [3.63, 3.8) is 0 Å². The van der Waals surface area contributed by atoms with Crippen molar-refractivity contribution in [3.05, 3.63) is 10.7 Å². The third-order valence-electron chi connectivity index (χ3n) is 1.68. The maximum atomic E-state index is 11.2. The molecule has 12 heavy (non-hydrogen) atoms. The molecule has 0 bridgehead atoms. The largest absolute Gasteiger partial charge is 0.504 e. The second-order valence-corrected chi connectivity index (χ2v) is 5.01. The number of carbonyl (C=O) groups excluding carboxylic acids is 1. The number of aliphatic hydroxyl groups is 1. The lowest BCUT2D eigenvalue weighted by Crippen LogP contribution is -2.09. The minimum absolute atomic E-state index is 0.118. The summed E-state index contributed by atoms with van der Waals surface area (Å²) in [5.41, 5.74) is 0. The summed E-state index contributed by atoms with van der Waals surface area (Å²) in [6.07, 6.45) is 0. The number of rotatable bonds is 1. The minimum atomic E-state index is -3.50. The van der Waals surface area contributed by atoms with E-state index < -0.39 is 27.1 Å². The average molecular weight is 190 g/mol. The van der Waals surface area contributed by atoms with Gasteiger partial charge in [-0.1, -0.05) is 13.8 Å². The molecule has 1 N–H and O–H groups in total. The van der Waals surface area contributed by atoms with E-state index in [-0.39, 0.29) is 10.8 Å². The number of aliphatic hydroxyl groups excluding tert-OH is 1. The van der Waals surface area contributed by atoms with Crippen LogP contribution < -0.4 is 0 Å². The third kappa shape index (κ3) is 1.24. The molecule has 1 aliphatic rings. The molecule has 0 fully saturated rings. The van der Waals surface area contributed by atoms with Gasteiger partial charge in [0.25, 0.3) is 0 Å². The average Bonchev–Trinajstić information content (AvgIpc) is 2.01. The molecule has 4 nitrogen and oxygen atoms in total. The lowest BCUT2D eigenvalue weighted by atomic mass is 10.2. The summed E-state index contributed by atoms with van der Waals surface area (Å²) in [5, 5.41) is 9.11. The van der Waals surface area contributed by atoms with E-state index in [0.29, 0.717) is 0 Å². The molecule has 0 amide bonds. The van der Waals surface area contributed by atoms with Gasteiger partial charge in [-0.3, -0.25) is 4.79 Å². The van der Waals surface area contributed by atoms with E-state index in [1.165, 1.54) is 0 Å². The fourth-order valence-corrected chi connectivity index (χ4v) is 3.00. The summed E-state index contributed by atoms with van der Waals surface area (Å²) in [7, 11) is -3.50. The first-order valence-corrected chi connectivity index (χ1v) is 5.20. The number of ketones is 1. The van der Waals surface area contributed by atoms with Gasteiger partial charge >= 0.3 is 0 Å². The predicted molar refractivity (Wildman–Crippen MR) is 43.3 cm³/mol. The van der Waals surface area contributed by atoms with E-state index in [0.717, 1.165) is 0 Å². The Hall–Kier alpha value is -0.840. The van der Waals surface area contributed by atoms with Crippen LogP contribution in [0.1, 0.15) is 13.8 Å². The number of allylic oxidation sites excluding steroid dienone is 2. The number of hydrogen-bond donors (Lipinski definition) is 1. The summed E-state index contributed by atoms with van der Waals surface area (Å²) in [5.74, 6) is -2.18. The van der Waals surface area contributed by atoms with Crippen LogP contribution in [-0.4, -0.2) is 25.1 Å². The second-order valence-electron chi connectivity index (χ2n) is 3.05. The molecule has 0 aromatic heterocycles. The van der Waals surface area contributed by atoms with Crippen LogP contribution >= 0.6 is 0 Å². The van der Waals surface area contributed by atoms with Crippen molar-refractivity contribution in [1.82, 2.24) is 0 Å². The van der Waals surface area contributed by atoms with Gasteiger partial charge in [0.15, 0.2) is 15.6 Å². The molecule has 0 aromatic carbocycles. The highest BCUT2D eigenvalue weighted by atomic mass is 32.2. The summed E-state index contributed by atoms with van der Waals surface area (Å²) < 4.78 is 22.4. The Balaban J connectivity index is 3.32. The first-order valence-electron chi connectivity index (χ1n) is 3.55. The Bertz CT molecular complexity index is 348. The maximum absolute atomic E-state index is 11.2. The lowest BCUT2D eigenvalue weighted by Gasteiger charge is -2.04. The molecule has 0 atom stereocenters. The third-order valence-corrected chi connectivity index (χ3v) is 3.66. The molecule has 0 saturated carbocycles. The molecule has 0 saturated heterocycles. The van der Waals surface area contributed by atoms with Crippen molar-refractivity contribution in [1.29, 1.82) is 0 Å². The van der Waals surface area contributed by atoms with E-state index in [1.807, 2.05) is 0 Å². The van der Waals surface area contributed by atoms with Crippen LogP contribution in [0.15, 0.2) is 10.7 Å². The van der Waals surface area contributed by atoms with Gasteiger partial charge in [-0.05, 0) is 5.92 Å². The molecule has 0 aromatic rings. The highest BCUT2D eigenvalue weighted by Gasteiger charge is 2.37. The first-order chi connectivity index (χ1) is 5.36. The number of sulfone groups is 1. The summed E-state index contributed by atoms with van der Waals surface area (Å²) in [6.45, 7) is 3.25. The van der Waals surface area contributed by atoms with Crippen LogP contribution in [0.5, 0.6) is 0 Å². The van der Waals surface area contributed by atoms with E-state index in [4.69, 9.17) is 5.11 Å². The van der Waals surface area contributed by atoms with Crippen molar-refractivity contribution in [2.75, 3.05) is 5.75 Å². The highest BCUT2D eigenvalue weighted by molar-refractivity contribution is 7.96. The smallest absolute Gasteiger partial charge is 0.213 e. The molecule has 1 aliphatic heterocycles. The molecule has 0 aliphatic carbocycles. The quantitative estimate of drug-likeness (QED) is 0.650. The standard InChI is InChI=1S/C7H10O4S/c1-4(2)7-6(9)5(8)3-12(7,10)11/h4,9H,3H2,1-2H3. The normalized spacial score (nSPS) is 22.4. The molecule has 0 unspecified atom stereocenters. The Labute approximate surface area is 70.8 Å².